The second kappa shape index (κ2) is 8.81. The van der Waals surface area contributed by atoms with Gasteiger partial charge in [0.25, 0.3) is 0 Å². The number of hydrogen-bond donors (Lipinski definition) is 1. The van der Waals surface area contributed by atoms with E-state index in [1.165, 1.54) is 23.6 Å². The van der Waals surface area contributed by atoms with E-state index in [0.29, 0.717) is 30.5 Å². The number of hydrogen-bond acceptors (Lipinski definition) is 3. The molecule has 4 heteroatoms. The first-order valence-corrected chi connectivity index (χ1v) is 11.1. The van der Waals surface area contributed by atoms with E-state index in [-0.39, 0.29) is 5.82 Å². The SMILES string of the molecule is COc1ccc(F)cc1CN[C@@H]1[C@H]2CCN(C2)[C@@H]1C(c1ccccc1)c1ccccc1. The zero-order valence-electron chi connectivity index (χ0n) is 17.9. The number of methoxy groups -OCH3 is 1. The Labute approximate surface area is 183 Å². The van der Waals surface area contributed by atoms with Gasteiger partial charge in [0.2, 0.25) is 0 Å². The van der Waals surface area contributed by atoms with Crippen molar-refractivity contribution in [3.63, 3.8) is 0 Å². The monoisotopic (exact) mass is 416 g/mol. The van der Waals surface area contributed by atoms with Gasteiger partial charge in [0.1, 0.15) is 11.6 Å². The van der Waals surface area contributed by atoms with Crippen LogP contribution in [-0.2, 0) is 6.54 Å². The second-order valence-corrected chi connectivity index (χ2v) is 8.70. The molecule has 3 aromatic carbocycles. The summed E-state index contributed by atoms with van der Waals surface area (Å²) in [5.41, 5.74) is 3.57. The van der Waals surface area contributed by atoms with Gasteiger partial charge < -0.3 is 10.1 Å². The van der Waals surface area contributed by atoms with Crippen LogP contribution >= 0.6 is 0 Å². The highest BCUT2D eigenvalue weighted by molar-refractivity contribution is 5.37. The first-order valence-electron chi connectivity index (χ1n) is 11.1. The van der Waals surface area contributed by atoms with E-state index in [1.54, 1.807) is 19.2 Å². The molecule has 1 unspecified atom stereocenters. The molecule has 2 aliphatic heterocycles. The van der Waals surface area contributed by atoms with Crippen LogP contribution in [-0.4, -0.2) is 37.2 Å². The summed E-state index contributed by atoms with van der Waals surface area (Å²) < 4.78 is 19.4. The number of rotatable bonds is 7. The highest BCUT2D eigenvalue weighted by atomic mass is 19.1. The van der Waals surface area contributed by atoms with Crippen molar-refractivity contribution in [1.82, 2.24) is 10.2 Å². The van der Waals surface area contributed by atoms with Crippen LogP contribution in [0.15, 0.2) is 78.9 Å². The molecule has 3 nitrogen and oxygen atoms in total. The van der Waals surface area contributed by atoms with Crippen LogP contribution in [0.4, 0.5) is 4.39 Å². The summed E-state index contributed by atoms with van der Waals surface area (Å²) in [6, 6.07) is 27.1. The predicted molar refractivity (Wildman–Crippen MR) is 122 cm³/mol. The molecule has 2 heterocycles. The highest BCUT2D eigenvalue weighted by Crippen LogP contribution is 2.43. The minimum atomic E-state index is -0.225. The van der Waals surface area contributed by atoms with Gasteiger partial charge in [-0.05, 0) is 48.2 Å². The fraction of sp³-hybridized carbons (Fsp3) is 0.333. The third kappa shape index (κ3) is 3.98. The van der Waals surface area contributed by atoms with Crippen molar-refractivity contribution in [1.29, 1.82) is 0 Å². The maximum atomic E-state index is 13.9. The summed E-state index contributed by atoms with van der Waals surface area (Å²) in [4.78, 5) is 2.65. The van der Waals surface area contributed by atoms with Crippen molar-refractivity contribution >= 4 is 0 Å². The molecule has 1 N–H and O–H groups in total. The highest BCUT2D eigenvalue weighted by Gasteiger charge is 2.49. The summed E-state index contributed by atoms with van der Waals surface area (Å²) in [5.74, 6) is 1.41. The quantitative estimate of drug-likeness (QED) is 0.597. The third-order valence-corrected chi connectivity index (χ3v) is 6.98. The molecule has 0 amide bonds. The fourth-order valence-corrected chi connectivity index (χ4v) is 5.61. The molecule has 2 saturated heterocycles. The van der Waals surface area contributed by atoms with Crippen molar-refractivity contribution in [2.75, 3.05) is 20.2 Å². The average molecular weight is 417 g/mol. The van der Waals surface area contributed by atoms with Crippen LogP contribution in [0.2, 0.25) is 0 Å². The number of piperidine rings is 1. The van der Waals surface area contributed by atoms with Crippen LogP contribution < -0.4 is 10.1 Å². The van der Waals surface area contributed by atoms with Gasteiger partial charge in [-0.3, -0.25) is 4.90 Å². The van der Waals surface area contributed by atoms with E-state index in [9.17, 15) is 4.39 Å². The molecular formula is C27H29FN2O. The first kappa shape index (κ1) is 20.2. The maximum Gasteiger partial charge on any atom is 0.123 e. The Balaban J connectivity index is 1.47. The lowest BCUT2D eigenvalue weighted by Gasteiger charge is -2.39. The fourth-order valence-electron chi connectivity index (χ4n) is 5.61. The van der Waals surface area contributed by atoms with Crippen LogP contribution in [0.3, 0.4) is 0 Å². The molecule has 0 aromatic heterocycles. The Kier molecular flexibility index (Phi) is 5.75. The lowest BCUT2D eigenvalue weighted by Crippen LogP contribution is -2.50. The lowest BCUT2D eigenvalue weighted by molar-refractivity contribution is 0.197. The summed E-state index contributed by atoms with van der Waals surface area (Å²) in [5, 5.41) is 3.81. The minimum Gasteiger partial charge on any atom is -0.496 e. The van der Waals surface area contributed by atoms with Crippen LogP contribution in [0.1, 0.15) is 29.0 Å². The molecule has 0 radical (unpaired) electrons. The van der Waals surface area contributed by atoms with E-state index in [4.69, 9.17) is 4.74 Å². The minimum absolute atomic E-state index is 0.225. The number of benzene rings is 3. The second-order valence-electron chi connectivity index (χ2n) is 8.70. The Bertz CT molecular complexity index is 971. The molecule has 2 bridgehead atoms. The number of fused-ring (bicyclic) bond motifs is 2. The number of nitrogens with one attached hydrogen (secondary N) is 1. The van der Waals surface area contributed by atoms with Gasteiger partial charge in [-0.1, -0.05) is 60.7 Å². The molecule has 0 spiro atoms. The van der Waals surface area contributed by atoms with Gasteiger partial charge in [0.05, 0.1) is 7.11 Å². The van der Waals surface area contributed by atoms with Gasteiger partial charge >= 0.3 is 0 Å². The van der Waals surface area contributed by atoms with Crippen molar-refractivity contribution in [3.8, 4) is 5.75 Å². The molecule has 0 saturated carbocycles. The van der Waals surface area contributed by atoms with Crippen molar-refractivity contribution < 1.29 is 9.13 Å². The van der Waals surface area contributed by atoms with Gasteiger partial charge in [-0.2, -0.15) is 0 Å². The summed E-state index contributed by atoms with van der Waals surface area (Å²) in [6.45, 7) is 2.87. The molecule has 4 atom stereocenters. The Morgan fingerprint density at radius 3 is 2.32 bits per heavy atom. The molecule has 3 aromatic rings. The van der Waals surface area contributed by atoms with E-state index in [1.807, 2.05) is 0 Å². The number of nitrogens with zero attached hydrogens (tertiary/aromatic N) is 1. The smallest absolute Gasteiger partial charge is 0.123 e. The third-order valence-electron chi connectivity index (χ3n) is 6.98. The lowest BCUT2D eigenvalue weighted by atomic mass is 9.78. The molecular weight excluding hydrogens is 387 g/mol. The van der Waals surface area contributed by atoms with Crippen molar-refractivity contribution in [2.45, 2.75) is 31.0 Å². The molecule has 0 aliphatic carbocycles. The largest absolute Gasteiger partial charge is 0.496 e. The zero-order chi connectivity index (χ0) is 21.2. The van der Waals surface area contributed by atoms with Crippen LogP contribution in [0.25, 0.3) is 0 Å². The Morgan fingerprint density at radius 1 is 1.00 bits per heavy atom. The molecule has 31 heavy (non-hydrogen) atoms. The zero-order valence-corrected chi connectivity index (χ0v) is 17.9. The van der Waals surface area contributed by atoms with Crippen molar-refractivity contribution in [3.05, 3.63) is 101 Å². The van der Waals surface area contributed by atoms with Crippen molar-refractivity contribution in [2.24, 2.45) is 5.92 Å². The first-order chi connectivity index (χ1) is 15.2. The van der Waals surface area contributed by atoms with E-state index < -0.39 is 0 Å². The molecule has 5 rings (SSSR count). The average Bonchev–Trinajstić information content (AvgIpc) is 3.42. The maximum absolute atomic E-state index is 13.9. The van der Waals surface area contributed by atoms with Crippen LogP contribution in [0, 0.1) is 11.7 Å². The van der Waals surface area contributed by atoms with E-state index in [0.717, 1.165) is 24.4 Å². The predicted octanol–water partition coefficient (Wildman–Crippen LogP) is 4.83. The van der Waals surface area contributed by atoms with Crippen LogP contribution in [0.5, 0.6) is 5.75 Å². The summed E-state index contributed by atoms with van der Waals surface area (Å²) in [7, 11) is 1.64. The van der Waals surface area contributed by atoms with Gasteiger partial charge in [0.15, 0.2) is 0 Å². The normalized spacial score (nSPS) is 24.6. The molecule has 2 aliphatic rings. The summed E-state index contributed by atoms with van der Waals surface area (Å²) >= 11 is 0. The van der Waals surface area contributed by atoms with E-state index >= 15 is 0 Å². The number of halogens is 1. The van der Waals surface area contributed by atoms with Gasteiger partial charge in [-0.15, -0.1) is 0 Å². The molecule has 2 fully saturated rings. The van der Waals surface area contributed by atoms with E-state index in [2.05, 4.69) is 70.9 Å². The Morgan fingerprint density at radius 2 is 1.68 bits per heavy atom. The van der Waals surface area contributed by atoms with Gasteiger partial charge in [0, 0.05) is 36.7 Å². The molecule has 160 valence electrons. The Hall–Kier alpha value is -2.69. The van der Waals surface area contributed by atoms with Gasteiger partial charge in [-0.25, -0.2) is 4.39 Å². The number of ether oxygens (including phenoxy) is 1. The topological polar surface area (TPSA) is 24.5 Å². The standard InChI is InChI=1S/C27H29FN2O/c1-31-24-13-12-23(28)16-22(24)17-29-26-21-14-15-30(18-21)27(26)25(19-8-4-2-5-9-19)20-10-6-3-7-11-20/h2-13,16,21,25-27,29H,14-15,17-18H2,1H3/t21-,26+,27+/m0/s1. The summed E-state index contributed by atoms with van der Waals surface area (Å²) in [6.07, 6.45) is 1.21.